The molecule has 0 spiro atoms. The van der Waals surface area contributed by atoms with Gasteiger partial charge in [0.2, 0.25) is 0 Å². The minimum atomic E-state index is 0.0956. The molecular weight excluding hydrogens is 356 g/mol. The topological polar surface area (TPSA) is 50.5 Å². The van der Waals surface area contributed by atoms with Crippen molar-refractivity contribution in [1.82, 2.24) is 14.5 Å². The predicted octanol–water partition coefficient (Wildman–Crippen LogP) is 3.85. The van der Waals surface area contributed by atoms with Crippen molar-refractivity contribution in [2.75, 3.05) is 32.4 Å². The van der Waals surface area contributed by atoms with Gasteiger partial charge in [0, 0.05) is 25.9 Å². The lowest BCUT2D eigenvalue weighted by molar-refractivity contribution is 0.217. The number of thioether (sulfide) groups is 1. The number of likely N-dealkylation sites (tertiary alicyclic amines) is 1. The highest BCUT2D eigenvalue weighted by atomic mass is 32.2. The summed E-state index contributed by atoms with van der Waals surface area (Å²) < 4.78 is 1.90. The Kier molecular flexibility index (Phi) is 7.90. The molecule has 0 aliphatic carbocycles. The Labute approximate surface area is 165 Å². The summed E-state index contributed by atoms with van der Waals surface area (Å²) in [7, 11) is 1.81. The zero-order chi connectivity index (χ0) is 18.9. The molecule has 0 amide bonds. The number of unbranched alkanes of at least 4 members (excludes halogenated alkanes) is 2. The van der Waals surface area contributed by atoms with Crippen molar-refractivity contribution >= 4 is 28.9 Å². The van der Waals surface area contributed by atoms with Gasteiger partial charge in [-0.3, -0.25) is 9.36 Å². The largest absolute Gasteiger partial charge is 0.302 e. The standard InChI is InChI=1S/C21H30N4OS/c1-22-12-6-2-9-17-27-21-23-19-11-5-4-10-18(19)20(26)25(21)16-15-24-13-7-3-8-14-24/h4-5,10-12H,2-3,6-9,13-17H2,1H3. The van der Waals surface area contributed by atoms with E-state index in [0.717, 1.165) is 67.3 Å². The highest BCUT2D eigenvalue weighted by Crippen LogP contribution is 2.20. The van der Waals surface area contributed by atoms with E-state index in [1.54, 1.807) is 11.8 Å². The van der Waals surface area contributed by atoms with Crippen molar-refractivity contribution in [3.63, 3.8) is 0 Å². The van der Waals surface area contributed by atoms with E-state index in [2.05, 4.69) is 9.89 Å². The molecule has 27 heavy (non-hydrogen) atoms. The average Bonchev–Trinajstić information content (AvgIpc) is 2.71. The molecule has 0 atom stereocenters. The Hall–Kier alpha value is -1.66. The molecule has 0 radical (unpaired) electrons. The van der Waals surface area contributed by atoms with Crippen molar-refractivity contribution in [1.29, 1.82) is 0 Å². The molecule has 0 bridgehead atoms. The maximum Gasteiger partial charge on any atom is 0.262 e. The van der Waals surface area contributed by atoms with Gasteiger partial charge in [0.25, 0.3) is 5.56 Å². The molecule has 1 aliphatic rings. The van der Waals surface area contributed by atoms with E-state index in [-0.39, 0.29) is 5.56 Å². The predicted molar refractivity (Wildman–Crippen MR) is 115 cm³/mol. The summed E-state index contributed by atoms with van der Waals surface area (Å²) in [5.74, 6) is 0.978. The van der Waals surface area contributed by atoms with Crippen molar-refractivity contribution in [2.24, 2.45) is 4.99 Å². The van der Waals surface area contributed by atoms with Crippen LogP contribution in [-0.2, 0) is 6.54 Å². The molecule has 146 valence electrons. The second-order valence-corrected chi connectivity index (χ2v) is 8.12. The van der Waals surface area contributed by atoms with Gasteiger partial charge < -0.3 is 9.89 Å². The Morgan fingerprint density at radius 1 is 1.15 bits per heavy atom. The van der Waals surface area contributed by atoms with Gasteiger partial charge in [-0.25, -0.2) is 4.98 Å². The van der Waals surface area contributed by atoms with E-state index in [0.29, 0.717) is 0 Å². The third kappa shape index (κ3) is 5.66. The van der Waals surface area contributed by atoms with Gasteiger partial charge in [-0.05, 0) is 63.5 Å². The van der Waals surface area contributed by atoms with Crippen LogP contribution in [0.25, 0.3) is 10.9 Å². The van der Waals surface area contributed by atoms with Crippen LogP contribution < -0.4 is 5.56 Å². The quantitative estimate of drug-likeness (QED) is 0.284. The Bertz CT molecular complexity index is 811. The molecule has 1 fully saturated rings. The monoisotopic (exact) mass is 386 g/mol. The first-order valence-electron chi connectivity index (χ1n) is 10.0. The van der Waals surface area contributed by atoms with Crippen molar-refractivity contribution in [3.05, 3.63) is 34.6 Å². The molecule has 5 nitrogen and oxygen atoms in total. The fourth-order valence-electron chi connectivity index (χ4n) is 3.51. The van der Waals surface area contributed by atoms with Gasteiger partial charge >= 0.3 is 0 Å². The van der Waals surface area contributed by atoms with Crippen molar-refractivity contribution < 1.29 is 0 Å². The second-order valence-electron chi connectivity index (χ2n) is 7.06. The van der Waals surface area contributed by atoms with Crippen LogP contribution >= 0.6 is 11.8 Å². The molecule has 2 aromatic rings. The summed E-state index contributed by atoms with van der Waals surface area (Å²) >= 11 is 1.71. The van der Waals surface area contributed by atoms with E-state index < -0.39 is 0 Å². The zero-order valence-corrected chi connectivity index (χ0v) is 17.1. The number of nitrogens with zero attached hydrogens (tertiary/aromatic N) is 4. The molecule has 1 saturated heterocycles. The maximum absolute atomic E-state index is 13.1. The van der Waals surface area contributed by atoms with Gasteiger partial charge in [-0.15, -0.1) is 0 Å². The summed E-state index contributed by atoms with van der Waals surface area (Å²) in [6, 6.07) is 7.70. The number of hydrogen-bond acceptors (Lipinski definition) is 5. The summed E-state index contributed by atoms with van der Waals surface area (Å²) in [4.78, 5) is 24.4. The third-order valence-electron chi connectivity index (χ3n) is 5.06. The van der Waals surface area contributed by atoms with Gasteiger partial charge in [-0.2, -0.15) is 0 Å². The number of para-hydroxylation sites is 1. The van der Waals surface area contributed by atoms with Crippen LogP contribution in [0.15, 0.2) is 39.2 Å². The van der Waals surface area contributed by atoms with Crippen LogP contribution in [0.2, 0.25) is 0 Å². The zero-order valence-electron chi connectivity index (χ0n) is 16.3. The molecular formula is C21H30N4OS. The normalized spacial score (nSPS) is 15.7. The molecule has 1 aromatic carbocycles. The van der Waals surface area contributed by atoms with Gasteiger partial charge in [-0.1, -0.05) is 30.3 Å². The van der Waals surface area contributed by atoms with Crippen LogP contribution in [-0.4, -0.2) is 53.1 Å². The SMILES string of the molecule is CN=CCCCCSc1nc2ccccc2c(=O)n1CCN1CCCCC1. The highest BCUT2D eigenvalue weighted by molar-refractivity contribution is 7.99. The molecule has 1 aromatic heterocycles. The molecule has 6 heteroatoms. The first kappa shape index (κ1) is 20.1. The van der Waals surface area contributed by atoms with Gasteiger partial charge in [0.15, 0.2) is 5.16 Å². The summed E-state index contributed by atoms with van der Waals surface area (Å²) in [5.41, 5.74) is 0.899. The van der Waals surface area contributed by atoms with E-state index >= 15 is 0 Å². The number of hydrogen-bond donors (Lipinski definition) is 0. The van der Waals surface area contributed by atoms with Crippen molar-refractivity contribution in [2.45, 2.75) is 50.2 Å². The van der Waals surface area contributed by atoms with Crippen LogP contribution in [0.5, 0.6) is 0 Å². The molecule has 1 aliphatic heterocycles. The number of fused-ring (bicyclic) bond motifs is 1. The Morgan fingerprint density at radius 2 is 1.96 bits per heavy atom. The molecule has 0 unspecified atom stereocenters. The van der Waals surface area contributed by atoms with Gasteiger partial charge in [0.1, 0.15) is 0 Å². The Balaban J connectivity index is 1.73. The minimum Gasteiger partial charge on any atom is -0.302 e. The first-order valence-corrected chi connectivity index (χ1v) is 11.0. The van der Waals surface area contributed by atoms with Crippen LogP contribution in [0.4, 0.5) is 0 Å². The molecule has 3 rings (SSSR count). The number of benzene rings is 1. The molecule has 0 N–H and O–H groups in total. The van der Waals surface area contributed by atoms with E-state index in [1.807, 2.05) is 42.1 Å². The lowest BCUT2D eigenvalue weighted by Gasteiger charge is -2.27. The van der Waals surface area contributed by atoms with Crippen molar-refractivity contribution in [3.8, 4) is 0 Å². The number of piperidine rings is 1. The summed E-state index contributed by atoms with van der Waals surface area (Å²) in [6.07, 6.45) is 9.08. The number of aromatic nitrogens is 2. The van der Waals surface area contributed by atoms with E-state index in [9.17, 15) is 4.79 Å². The summed E-state index contributed by atoms with van der Waals surface area (Å²) in [5, 5.41) is 1.58. The smallest absolute Gasteiger partial charge is 0.262 e. The highest BCUT2D eigenvalue weighted by Gasteiger charge is 2.14. The van der Waals surface area contributed by atoms with Crippen LogP contribution in [0.1, 0.15) is 38.5 Å². The van der Waals surface area contributed by atoms with Gasteiger partial charge in [0.05, 0.1) is 10.9 Å². The van der Waals surface area contributed by atoms with E-state index in [4.69, 9.17) is 4.98 Å². The third-order valence-corrected chi connectivity index (χ3v) is 6.12. The molecule has 2 heterocycles. The summed E-state index contributed by atoms with van der Waals surface area (Å²) in [6.45, 7) is 3.95. The number of rotatable bonds is 9. The number of aliphatic imine (C=N–C) groups is 1. The average molecular weight is 387 g/mol. The fraction of sp³-hybridized carbons (Fsp3) is 0.571. The lowest BCUT2D eigenvalue weighted by atomic mass is 10.1. The first-order chi connectivity index (χ1) is 13.3. The van der Waals surface area contributed by atoms with Crippen LogP contribution in [0.3, 0.4) is 0 Å². The minimum absolute atomic E-state index is 0.0956. The fourth-order valence-corrected chi connectivity index (χ4v) is 4.53. The maximum atomic E-state index is 13.1. The Morgan fingerprint density at radius 3 is 2.78 bits per heavy atom. The second kappa shape index (κ2) is 10.6. The molecule has 0 saturated carbocycles. The van der Waals surface area contributed by atoms with Crippen LogP contribution in [0, 0.1) is 0 Å². The van der Waals surface area contributed by atoms with E-state index in [1.165, 1.54) is 19.3 Å². The lowest BCUT2D eigenvalue weighted by Crippen LogP contribution is -2.35.